The fraction of sp³-hybridized carbons (Fsp3) is 0.467. The summed E-state index contributed by atoms with van der Waals surface area (Å²) in [6.07, 6.45) is 0.0638. The second-order valence-electron chi connectivity index (χ2n) is 5.37. The monoisotopic (exact) mass is 323 g/mol. The van der Waals surface area contributed by atoms with Crippen molar-refractivity contribution in [3.63, 3.8) is 0 Å². The topological polar surface area (TPSA) is 38.2 Å². The molecule has 0 N–H and O–H groups in total. The van der Waals surface area contributed by atoms with Crippen LogP contribution >= 0.6 is 22.9 Å². The third kappa shape index (κ3) is 3.61. The standard InChI is InChI=1S/C15H18ClN3OS/c1-10-9-20-14(12-4-3-5-13(16)6-12)7-19(10)8-15-18-17-11(2)21-15/h3-6,10,14H,7-9H2,1-2H3/t10-,14+/m1/s1. The molecule has 1 aromatic carbocycles. The first-order valence-corrected chi connectivity index (χ1v) is 8.21. The Kier molecular flexibility index (Phi) is 4.54. The van der Waals surface area contributed by atoms with Gasteiger partial charge in [0.05, 0.1) is 19.3 Å². The van der Waals surface area contributed by atoms with Crippen LogP contribution in [0.5, 0.6) is 0 Å². The molecular formula is C15H18ClN3OS. The van der Waals surface area contributed by atoms with Gasteiger partial charge in [-0.3, -0.25) is 4.90 Å². The number of hydrogen-bond acceptors (Lipinski definition) is 5. The maximum atomic E-state index is 6.08. The third-order valence-electron chi connectivity index (χ3n) is 3.69. The summed E-state index contributed by atoms with van der Waals surface area (Å²) >= 11 is 7.73. The molecule has 1 fully saturated rings. The van der Waals surface area contributed by atoms with E-state index >= 15 is 0 Å². The number of aryl methyl sites for hydroxylation is 1. The number of aromatic nitrogens is 2. The van der Waals surface area contributed by atoms with E-state index in [0.717, 1.165) is 40.3 Å². The van der Waals surface area contributed by atoms with E-state index in [9.17, 15) is 0 Å². The highest BCUT2D eigenvalue weighted by Gasteiger charge is 2.28. The van der Waals surface area contributed by atoms with Gasteiger partial charge in [-0.25, -0.2) is 0 Å². The van der Waals surface area contributed by atoms with Crippen LogP contribution in [-0.4, -0.2) is 34.3 Å². The Balaban J connectivity index is 1.72. The van der Waals surface area contributed by atoms with Crippen molar-refractivity contribution in [2.24, 2.45) is 0 Å². The summed E-state index contributed by atoms with van der Waals surface area (Å²) in [5.74, 6) is 0. The van der Waals surface area contributed by atoms with Crippen molar-refractivity contribution in [1.82, 2.24) is 15.1 Å². The van der Waals surface area contributed by atoms with Gasteiger partial charge in [0.25, 0.3) is 0 Å². The summed E-state index contributed by atoms with van der Waals surface area (Å²) in [4.78, 5) is 2.40. The summed E-state index contributed by atoms with van der Waals surface area (Å²) in [7, 11) is 0. The minimum Gasteiger partial charge on any atom is -0.371 e. The normalized spacial score (nSPS) is 23.4. The number of rotatable bonds is 3. The fourth-order valence-electron chi connectivity index (χ4n) is 2.51. The lowest BCUT2D eigenvalue weighted by molar-refractivity contribution is -0.0633. The molecule has 1 aliphatic heterocycles. The van der Waals surface area contributed by atoms with Crippen LogP contribution in [0.2, 0.25) is 5.02 Å². The zero-order valence-electron chi connectivity index (χ0n) is 12.1. The van der Waals surface area contributed by atoms with Crippen LogP contribution in [-0.2, 0) is 11.3 Å². The number of morpholine rings is 1. The average molecular weight is 324 g/mol. The Morgan fingerprint density at radius 2 is 2.29 bits per heavy atom. The molecular weight excluding hydrogens is 306 g/mol. The Hall–Kier alpha value is -1.01. The highest BCUT2D eigenvalue weighted by Crippen LogP contribution is 2.28. The van der Waals surface area contributed by atoms with Crippen molar-refractivity contribution in [3.8, 4) is 0 Å². The van der Waals surface area contributed by atoms with E-state index < -0.39 is 0 Å². The lowest BCUT2D eigenvalue weighted by atomic mass is 10.1. The number of ether oxygens (including phenoxy) is 1. The van der Waals surface area contributed by atoms with Gasteiger partial charge in [-0.1, -0.05) is 23.7 Å². The molecule has 0 amide bonds. The minimum absolute atomic E-state index is 0.0638. The van der Waals surface area contributed by atoms with Gasteiger partial charge in [0, 0.05) is 17.6 Å². The van der Waals surface area contributed by atoms with Crippen LogP contribution in [0.4, 0.5) is 0 Å². The van der Waals surface area contributed by atoms with Crippen molar-refractivity contribution in [1.29, 1.82) is 0 Å². The molecule has 0 bridgehead atoms. The molecule has 0 radical (unpaired) electrons. The average Bonchev–Trinajstić information content (AvgIpc) is 2.87. The molecule has 112 valence electrons. The second kappa shape index (κ2) is 6.40. The quantitative estimate of drug-likeness (QED) is 0.867. The summed E-state index contributed by atoms with van der Waals surface area (Å²) in [6.45, 7) is 6.56. The predicted octanol–water partition coefficient (Wildman–Crippen LogP) is 3.46. The molecule has 0 aliphatic carbocycles. The van der Waals surface area contributed by atoms with Crippen molar-refractivity contribution >= 4 is 22.9 Å². The number of nitrogens with zero attached hydrogens (tertiary/aromatic N) is 3. The first-order valence-electron chi connectivity index (χ1n) is 7.02. The highest BCUT2D eigenvalue weighted by atomic mass is 35.5. The molecule has 4 nitrogen and oxygen atoms in total. The van der Waals surface area contributed by atoms with E-state index in [1.165, 1.54) is 0 Å². The molecule has 0 saturated carbocycles. The Labute approximate surface area is 133 Å². The summed E-state index contributed by atoms with van der Waals surface area (Å²) in [5, 5.41) is 11.1. The van der Waals surface area contributed by atoms with Crippen molar-refractivity contribution in [2.75, 3.05) is 13.2 Å². The molecule has 2 atom stereocenters. The Morgan fingerprint density at radius 1 is 1.43 bits per heavy atom. The van der Waals surface area contributed by atoms with Gasteiger partial charge >= 0.3 is 0 Å². The van der Waals surface area contributed by atoms with Crippen LogP contribution in [0.3, 0.4) is 0 Å². The molecule has 3 rings (SSSR count). The van der Waals surface area contributed by atoms with Crippen LogP contribution in [0.15, 0.2) is 24.3 Å². The van der Waals surface area contributed by atoms with Crippen LogP contribution in [0.25, 0.3) is 0 Å². The van der Waals surface area contributed by atoms with E-state index in [4.69, 9.17) is 16.3 Å². The van der Waals surface area contributed by atoms with Crippen LogP contribution in [0.1, 0.15) is 28.6 Å². The van der Waals surface area contributed by atoms with Gasteiger partial charge in [0.15, 0.2) is 0 Å². The summed E-state index contributed by atoms with van der Waals surface area (Å²) in [5.41, 5.74) is 1.13. The zero-order valence-corrected chi connectivity index (χ0v) is 13.7. The summed E-state index contributed by atoms with van der Waals surface area (Å²) < 4.78 is 5.97. The van der Waals surface area contributed by atoms with Gasteiger partial charge in [0.2, 0.25) is 0 Å². The van der Waals surface area contributed by atoms with Crippen LogP contribution < -0.4 is 0 Å². The Morgan fingerprint density at radius 3 is 3.00 bits per heavy atom. The highest BCUT2D eigenvalue weighted by molar-refractivity contribution is 7.11. The first kappa shape index (κ1) is 14.9. The van der Waals surface area contributed by atoms with E-state index in [-0.39, 0.29) is 6.10 Å². The first-order chi connectivity index (χ1) is 10.1. The molecule has 6 heteroatoms. The largest absolute Gasteiger partial charge is 0.371 e. The maximum Gasteiger partial charge on any atom is 0.131 e. The minimum atomic E-state index is 0.0638. The fourth-order valence-corrected chi connectivity index (χ4v) is 3.44. The van der Waals surface area contributed by atoms with Gasteiger partial charge in [-0.05, 0) is 31.5 Å². The third-order valence-corrected chi connectivity index (χ3v) is 4.75. The van der Waals surface area contributed by atoms with E-state index in [1.807, 2.05) is 25.1 Å². The summed E-state index contributed by atoms with van der Waals surface area (Å²) in [6, 6.07) is 8.29. The van der Waals surface area contributed by atoms with E-state index in [2.05, 4.69) is 28.1 Å². The number of benzene rings is 1. The van der Waals surface area contributed by atoms with E-state index in [1.54, 1.807) is 11.3 Å². The molecule has 2 heterocycles. The second-order valence-corrected chi connectivity index (χ2v) is 7.07. The van der Waals surface area contributed by atoms with Crippen molar-refractivity contribution in [2.45, 2.75) is 32.5 Å². The lowest BCUT2D eigenvalue weighted by Crippen LogP contribution is -2.44. The van der Waals surface area contributed by atoms with Gasteiger partial charge < -0.3 is 4.74 Å². The van der Waals surface area contributed by atoms with Gasteiger partial charge in [0.1, 0.15) is 10.0 Å². The molecule has 2 aromatic rings. The molecule has 21 heavy (non-hydrogen) atoms. The predicted molar refractivity (Wildman–Crippen MR) is 84.7 cm³/mol. The molecule has 1 saturated heterocycles. The molecule has 1 aliphatic rings. The van der Waals surface area contributed by atoms with Crippen molar-refractivity contribution in [3.05, 3.63) is 44.9 Å². The van der Waals surface area contributed by atoms with Gasteiger partial charge in [-0.2, -0.15) is 0 Å². The van der Waals surface area contributed by atoms with Crippen LogP contribution in [0, 0.1) is 6.92 Å². The van der Waals surface area contributed by atoms with E-state index in [0.29, 0.717) is 6.04 Å². The van der Waals surface area contributed by atoms with Gasteiger partial charge in [-0.15, -0.1) is 21.5 Å². The number of hydrogen-bond donors (Lipinski definition) is 0. The molecule has 1 aromatic heterocycles. The lowest BCUT2D eigenvalue weighted by Gasteiger charge is -2.37. The SMILES string of the molecule is Cc1nnc(CN2C[C@@H](c3cccc(Cl)c3)OC[C@H]2C)s1. The van der Waals surface area contributed by atoms with Crippen molar-refractivity contribution < 1.29 is 4.74 Å². The number of halogens is 1. The smallest absolute Gasteiger partial charge is 0.131 e. The Bertz CT molecular complexity index is 618. The maximum absolute atomic E-state index is 6.08. The molecule has 0 unspecified atom stereocenters. The zero-order chi connectivity index (χ0) is 14.8. The molecule has 0 spiro atoms.